The quantitative estimate of drug-likeness (QED) is 0.695. The van der Waals surface area contributed by atoms with Crippen molar-refractivity contribution < 1.29 is 9.90 Å². The van der Waals surface area contributed by atoms with Crippen molar-refractivity contribution in [3.63, 3.8) is 0 Å². The molecule has 12 heavy (non-hydrogen) atoms. The topological polar surface area (TPSA) is 49.3 Å². The van der Waals surface area contributed by atoms with Gasteiger partial charge in [-0.15, -0.1) is 12.4 Å². The maximum absolute atomic E-state index is 10.6. The Morgan fingerprint density at radius 1 is 1.67 bits per heavy atom. The maximum Gasteiger partial charge on any atom is 0.320 e. The van der Waals surface area contributed by atoms with Gasteiger partial charge in [0.05, 0.1) is 0 Å². The molecule has 0 amide bonds. The van der Waals surface area contributed by atoms with Crippen LogP contribution < -0.4 is 5.32 Å². The van der Waals surface area contributed by atoms with Crippen LogP contribution in [0.15, 0.2) is 0 Å². The predicted molar refractivity (Wildman–Crippen MR) is 49.7 cm³/mol. The number of aliphatic carboxylic acids is 1. The van der Waals surface area contributed by atoms with E-state index in [-0.39, 0.29) is 18.4 Å². The van der Waals surface area contributed by atoms with Crippen LogP contribution in [0, 0.1) is 5.92 Å². The molecule has 1 fully saturated rings. The average Bonchev–Trinajstić information content (AvgIpc) is 2.05. The molecule has 1 aliphatic heterocycles. The summed E-state index contributed by atoms with van der Waals surface area (Å²) in [5.41, 5.74) is 0. The number of halogens is 1. The van der Waals surface area contributed by atoms with E-state index in [4.69, 9.17) is 5.11 Å². The van der Waals surface area contributed by atoms with Gasteiger partial charge in [0, 0.05) is 0 Å². The lowest BCUT2D eigenvalue weighted by molar-refractivity contribution is -0.140. The summed E-state index contributed by atoms with van der Waals surface area (Å²) in [7, 11) is 0. The van der Waals surface area contributed by atoms with Gasteiger partial charge in [0.2, 0.25) is 0 Å². The number of carboxylic acids is 1. The van der Waals surface area contributed by atoms with Crippen molar-refractivity contribution >= 4 is 18.4 Å². The van der Waals surface area contributed by atoms with E-state index in [0.717, 1.165) is 25.8 Å². The fraction of sp³-hybridized carbons (Fsp3) is 0.875. The minimum Gasteiger partial charge on any atom is -0.480 e. The summed E-state index contributed by atoms with van der Waals surface area (Å²) in [6.45, 7) is 2.98. The van der Waals surface area contributed by atoms with Crippen LogP contribution >= 0.6 is 12.4 Å². The van der Waals surface area contributed by atoms with E-state index in [1.54, 1.807) is 0 Å². The highest BCUT2D eigenvalue weighted by Gasteiger charge is 2.24. The van der Waals surface area contributed by atoms with Crippen molar-refractivity contribution in [3.8, 4) is 0 Å². The van der Waals surface area contributed by atoms with Crippen LogP contribution in [-0.4, -0.2) is 23.7 Å². The second-order valence-electron chi connectivity index (χ2n) is 3.14. The molecule has 0 saturated carbocycles. The molecule has 72 valence electrons. The first kappa shape index (κ1) is 11.7. The summed E-state index contributed by atoms with van der Waals surface area (Å²) in [4.78, 5) is 10.6. The van der Waals surface area contributed by atoms with Crippen LogP contribution in [0.2, 0.25) is 0 Å². The first-order valence-corrected chi connectivity index (χ1v) is 4.20. The Bertz CT molecular complexity index is 152. The molecule has 0 radical (unpaired) electrons. The van der Waals surface area contributed by atoms with Crippen molar-refractivity contribution in [1.29, 1.82) is 0 Å². The van der Waals surface area contributed by atoms with Crippen LogP contribution in [-0.2, 0) is 4.79 Å². The Morgan fingerprint density at radius 2 is 2.33 bits per heavy atom. The van der Waals surface area contributed by atoms with Gasteiger partial charge in [0.25, 0.3) is 0 Å². The van der Waals surface area contributed by atoms with Crippen molar-refractivity contribution in [1.82, 2.24) is 5.32 Å². The molecule has 0 aromatic heterocycles. The van der Waals surface area contributed by atoms with E-state index >= 15 is 0 Å². The molecule has 2 N–H and O–H groups in total. The second kappa shape index (κ2) is 5.38. The predicted octanol–water partition coefficient (Wildman–Crippen LogP) is 1.27. The van der Waals surface area contributed by atoms with Gasteiger partial charge < -0.3 is 10.4 Å². The second-order valence-corrected chi connectivity index (χ2v) is 3.14. The van der Waals surface area contributed by atoms with Gasteiger partial charge in [-0.3, -0.25) is 4.79 Å². The summed E-state index contributed by atoms with van der Waals surface area (Å²) in [5.74, 6) is -0.0968. The van der Waals surface area contributed by atoms with Crippen LogP contribution in [0.3, 0.4) is 0 Å². The Balaban J connectivity index is 0.00000121. The zero-order chi connectivity index (χ0) is 8.27. The van der Waals surface area contributed by atoms with Crippen LogP contribution in [0.1, 0.15) is 26.2 Å². The van der Waals surface area contributed by atoms with Gasteiger partial charge in [-0.05, 0) is 25.3 Å². The van der Waals surface area contributed by atoms with Gasteiger partial charge >= 0.3 is 5.97 Å². The van der Waals surface area contributed by atoms with E-state index in [9.17, 15) is 4.79 Å². The number of hydrogen-bond donors (Lipinski definition) is 2. The standard InChI is InChI=1S/C8H15NO2.ClH/c1-2-6-3-4-9-7(5-6)8(10)11;/h6-7,9H,2-5H2,1H3,(H,10,11);1H/t6-,7-;/m1./s1. The lowest BCUT2D eigenvalue weighted by Gasteiger charge is -2.26. The molecular formula is C8H16ClNO2. The third-order valence-electron chi connectivity index (χ3n) is 2.39. The molecule has 1 saturated heterocycles. The van der Waals surface area contributed by atoms with Gasteiger partial charge in [-0.25, -0.2) is 0 Å². The molecule has 0 aromatic rings. The Hall–Kier alpha value is -0.280. The summed E-state index contributed by atoms with van der Waals surface area (Å²) >= 11 is 0. The van der Waals surface area contributed by atoms with Gasteiger partial charge in [-0.2, -0.15) is 0 Å². The number of carboxylic acid groups (broad SMARTS) is 1. The van der Waals surface area contributed by atoms with Crippen LogP contribution in [0.5, 0.6) is 0 Å². The van der Waals surface area contributed by atoms with Crippen molar-refractivity contribution in [2.24, 2.45) is 5.92 Å². The Kier molecular flexibility index (Phi) is 5.25. The molecule has 3 nitrogen and oxygen atoms in total. The zero-order valence-electron chi connectivity index (χ0n) is 7.25. The lowest BCUT2D eigenvalue weighted by atomic mass is 9.90. The summed E-state index contributed by atoms with van der Waals surface area (Å²) in [6.07, 6.45) is 3.03. The highest BCUT2D eigenvalue weighted by molar-refractivity contribution is 5.85. The number of piperidine rings is 1. The van der Waals surface area contributed by atoms with E-state index in [1.807, 2.05) is 0 Å². The Labute approximate surface area is 78.9 Å². The fourth-order valence-electron chi connectivity index (χ4n) is 1.56. The first-order chi connectivity index (χ1) is 5.24. The molecule has 0 spiro atoms. The maximum atomic E-state index is 10.6. The van der Waals surface area contributed by atoms with Crippen LogP contribution in [0.4, 0.5) is 0 Å². The molecule has 0 unspecified atom stereocenters. The van der Waals surface area contributed by atoms with Gasteiger partial charge in [0.1, 0.15) is 6.04 Å². The van der Waals surface area contributed by atoms with Crippen molar-refractivity contribution in [2.45, 2.75) is 32.2 Å². The molecular weight excluding hydrogens is 178 g/mol. The van der Waals surface area contributed by atoms with Crippen LogP contribution in [0.25, 0.3) is 0 Å². The Morgan fingerprint density at radius 3 is 2.83 bits per heavy atom. The van der Waals surface area contributed by atoms with Crippen molar-refractivity contribution in [2.75, 3.05) is 6.54 Å². The SMILES string of the molecule is CC[C@@H]1CCN[C@@H](C(=O)O)C1.Cl. The number of hydrogen-bond acceptors (Lipinski definition) is 2. The van der Waals surface area contributed by atoms with Crippen molar-refractivity contribution in [3.05, 3.63) is 0 Å². The van der Waals surface area contributed by atoms with E-state index in [0.29, 0.717) is 5.92 Å². The van der Waals surface area contributed by atoms with E-state index in [1.165, 1.54) is 0 Å². The van der Waals surface area contributed by atoms with E-state index in [2.05, 4.69) is 12.2 Å². The summed E-state index contributed by atoms with van der Waals surface area (Å²) in [5, 5.41) is 11.7. The smallest absolute Gasteiger partial charge is 0.320 e. The minimum absolute atomic E-state index is 0. The fourth-order valence-corrected chi connectivity index (χ4v) is 1.56. The highest BCUT2D eigenvalue weighted by atomic mass is 35.5. The van der Waals surface area contributed by atoms with Gasteiger partial charge in [-0.1, -0.05) is 13.3 Å². The number of rotatable bonds is 2. The third-order valence-corrected chi connectivity index (χ3v) is 2.39. The van der Waals surface area contributed by atoms with Gasteiger partial charge in [0.15, 0.2) is 0 Å². The molecule has 1 aliphatic rings. The molecule has 2 atom stereocenters. The molecule has 4 heteroatoms. The molecule has 1 rings (SSSR count). The highest BCUT2D eigenvalue weighted by Crippen LogP contribution is 2.18. The minimum atomic E-state index is -0.705. The molecule has 0 aromatic carbocycles. The number of carbonyl (C=O) groups is 1. The van der Waals surface area contributed by atoms with E-state index < -0.39 is 5.97 Å². The summed E-state index contributed by atoms with van der Waals surface area (Å²) in [6, 6.07) is -0.298. The molecule has 1 heterocycles. The first-order valence-electron chi connectivity index (χ1n) is 4.20. The monoisotopic (exact) mass is 193 g/mol. The average molecular weight is 194 g/mol. The molecule has 0 bridgehead atoms. The largest absolute Gasteiger partial charge is 0.480 e. The normalized spacial score (nSPS) is 29.1. The lowest BCUT2D eigenvalue weighted by Crippen LogP contribution is -2.43. The summed E-state index contributed by atoms with van der Waals surface area (Å²) < 4.78 is 0. The third kappa shape index (κ3) is 2.99. The zero-order valence-corrected chi connectivity index (χ0v) is 8.06. The number of nitrogens with one attached hydrogen (secondary N) is 1. The molecule has 0 aliphatic carbocycles.